The molecule has 0 saturated carbocycles. The molecule has 1 N–H and O–H groups in total. The molecule has 0 amide bonds. The number of allylic oxidation sites excluding steroid dienone is 3. The van der Waals surface area contributed by atoms with Crippen LogP contribution in [0.25, 0.3) is 106 Å². The molecule has 75 heavy (non-hydrogen) atoms. The molecule has 2 bridgehead atoms. The van der Waals surface area contributed by atoms with E-state index >= 15 is 0 Å². The fourth-order valence-corrected chi connectivity index (χ4v) is 11.3. The Bertz CT molecular complexity index is 4370. The Balaban J connectivity index is 0.000000354. The number of nitrogens with one attached hydrogen (secondary N) is 1. The molecule has 5 nitrogen and oxygen atoms in total. The van der Waals surface area contributed by atoms with Crippen LogP contribution in [0.5, 0.6) is 0 Å². The molecule has 3 aliphatic heterocycles. The van der Waals surface area contributed by atoms with Crippen LogP contribution in [0.1, 0.15) is 64.2 Å². The van der Waals surface area contributed by atoms with Crippen molar-refractivity contribution in [3.63, 3.8) is 0 Å². The van der Waals surface area contributed by atoms with E-state index < -0.39 is 0 Å². The molecule has 5 heteroatoms. The van der Waals surface area contributed by atoms with Crippen LogP contribution in [0.15, 0.2) is 216 Å². The molecule has 9 aromatic carbocycles. The summed E-state index contributed by atoms with van der Waals surface area (Å²) in [5, 5.41) is 15.9. The summed E-state index contributed by atoms with van der Waals surface area (Å²) in [6, 6.07) is 66.1. The second-order valence-electron chi connectivity index (χ2n) is 19.0. The third-order valence-electron chi connectivity index (χ3n) is 14.8. The Morgan fingerprint density at radius 2 is 1.23 bits per heavy atom. The van der Waals surface area contributed by atoms with Crippen molar-refractivity contribution in [3.8, 4) is 22.3 Å². The van der Waals surface area contributed by atoms with Gasteiger partial charge in [0.1, 0.15) is 6.17 Å². The zero-order chi connectivity index (χ0) is 51.7. The van der Waals surface area contributed by atoms with Gasteiger partial charge < -0.3 is 9.72 Å². The highest BCUT2D eigenvalue weighted by Gasteiger charge is 2.27. The highest BCUT2D eigenvalue weighted by molar-refractivity contribution is 6.36. The van der Waals surface area contributed by atoms with E-state index in [9.17, 15) is 0 Å². The third-order valence-corrected chi connectivity index (χ3v) is 14.8. The second-order valence-corrected chi connectivity index (χ2v) is 19.0. The van der Waals surface area contributed by atoms with Crippen molar-refractivity contribution in [2.24, 2.45) is 9.98 Å². The number of nitrogens with zero attached hydrogens (tertiary/aromatic N) is 4. The Morgan fingerprint density at radius 1 is 0.560 bits per heavy atom. The van der Waals surface area contributed by atoms with Crippen molar-refractivity contribution in [2.45, 2.75) is 67.5 Å². The van der Waals surface area contributed by atoms with Crippen molar-refractivity contribution < 1.29 is 0 Å². The Labute approximate surface area is 439 Å². The molecule has 15 rings (SSSR count). The average Bonchev–Trinajstić information content (AvgIpc) is 4.19. The number of aliphatic imine (C=N–C) groups is 2. The Kier molecular flexibility index (Phi) is 13.3. The third kappa shape index (κ3) is 8.39. The highest BCUT2D eigenvalue weighted by Crippen LogP contribution is 2.46. The molecular weight excluding hydrogens is 911 g/mol. The minimum atomic E-state index is -0.0378. The topological polar surface area (TPSA) is 46.1 Å². The summed E-state index contributed by atoms with van der Waals surface area (Å²) in [4.78, 5) is 10.8. The van der Waals surface area contributed by atoms with Crippen LogP contribution in [0.4, 0.5) is 0 Å². The van der Waals surface area contributed by atoms with E-state index in [0.29, 0.717) is 5.96 Å². The van der Waals surface area contributed by atoms with Gasteiger partial charge in [0.2, 0.25) is 5.96 Å². The summed E-state index contributed by atoms with van der Waals surface area (Å²) < 4.78 is 4.81. The van der Waals surface area contributed by atoms with Crippen LogP contribution in [-0.2, 0) is 0 Å². The fraction of sp³-hybridized carbons (Fsp3) is 0.143. The van der Waals surface area contributed by atoms with Crippen molar-refractivity contribution in [2.75, 3.05) is 0 Å². The van der Waals surface area contributed by atoms with E-state index in [2.05, 4.69) is 211 Å². The molecule has 3 aliphatic rings. The normalized spacial score (nSPS) is 15.9. The molecule has 0 spiro atoms. The van der Waals surface area contributed by atoms with Gasteiger partial charge in [-0.05, 0) is 125 Å². The maximum Gasteiger partial charge on any atom is 0.232 e. The van der Waals surface area contributed by atoms with Gasteiger partial charge in [-0.15, -0.1) is 0 Å². The van der Waals surface area contributed by atoms with Gasteiger partial charge in [-0.1, -0.05) is 198 Å². The Hall–Kier alpha value is -8.80. The van der Waals surface area contributed by atoms with Crippen LogP contribution < -0.4 is 15.8 Å². The lowest BCUT2D eigenvalue weighted by atomic mass is 9.92. The highest BCUT2D eigenvalue weighted by atomic mass is 15.2. The van der Waals surface area contributed by atoms with E-state index in [-0.39, 0.29) is 6.17 Å². The molecule has 6 heterocycles. The van der Waals surface area contributed by atoms with Gasteiger partial charge in [0, 0.05) is 49.5 Å². The first kappa shape index (κ1) is 48.5. The summed E-state index contributed by atoms with van der Waals surface area (Å²) in [6.07, 6.45) is 10.0. The van der Waals surface area contributed by atoms with E-state index in [4.69, 9.17) is 9.98 Å². The molecule has 3 aromatic heterocycles. The summed E-state index contributed by atoms with van der Waals surface area (Å²) in [6.45, 7) is 18.3. The van der Waals surface area contributed by atoms with Crippen molar-refractivity contribution >= 4 is 95.0 Å². The smallest absolute Gasteiger partial charge is 0.232 e. The monoisotopic (exact) mass is 974 g/mol. The van der Waals surface area contributed by atoms with E-state index in [1.807, 2.05) is 65.0 Å². The van der Waals surface area contributed by atoms with Crippen molar-refractivity contribution in [1.29, 1.82) is 0 Å². The predicted molar refractivity (Wildman–Crippen MR) is 325 cm³/mol. The zero-order valence-electron chi connectivity index (χ0n) is 44.1. The van der Waals surface area contributed by atoms with E-state index in [0.717, 1.165) is 40.4 Å². The molecule has 12 aromatic rings. The Morgan fingerprint density at radius 3 is 2.01 bits per heavy atom. The zero-order valence-corrected chi connectivity index (χ0v) is 44.1. The lowest BCUT2D eigenvalue weighted by Crippen LogP contribution is -2.33. The number of benzene rings is 9. The molecule has 1 unspecified atom stereocenters. The van der Waals surface area contributed by atoms with Gasteiger partial charge in [-0.25, -0.2) is 9.98 Å². The first-order valence-electron chi connectivity index (χ1n) is 26.7. The van der Waals surface area contributed by atoms with Gasteiger partial charge >= 0.3 is 0 Å². The van der Waals surface area contributed by atoms with Crippen LogP contribution in [0, 0.1) is 13.8 Å². The maximum atomic E-state index is 5.45. The number of fused-ring (bicyclic) bond motifs is 15. The number of hydrogen-bond donors (Lipinski definition) is 1. The lowest BCUT2D eigenvalue weighted by Gasteiger charge is -2.26. The van der Waals surface area contributed by atoms with E-state index in [1.165, 1.54) is 104 Å². The number of hydrogen-bond acceptors (Lipinski definition) is 3. The summed E-state index contributed by atoms with van der Waals surface area (Å²) in [7, 11) is 0. The van der Waals surface area contributed by atoms with Crippen LogP contribution in [0.2, 0.25) is 0 Å². The molecule has 0 aliphatic carbocycles. The summed E-state index contributed by atoms with van der Waals surface area (Å²) in [5.74, 6) is 0.713. The van der Waals surface area contributed by atoms with Crippen LogP contribution in [-0.4, -0.2) is 26.8 Å². The second kappa shape index (κ2) is 20.6. The largest absolute Gasteiger partial charge is 0.369 e. The molecular formula is C70H63N5. The predicted octanol–water partition coefficient (Wildman–Crippen LogP) is 16.9. The number of rotatable bonds is 4. The summed E-state index contributed by atoms with van der Waals surface area (Å²) in [5.41, 5.74) is 16.8. The van der Waals surface area contributed by atoms with Gasteiger partial charge in [0.25, 0.3) is 0 Å². The first-order valence-corrected chi connectivity index (χ1v) is 26.7. The van der Waals surface area contributed by atoms with Gasteiger partial charge in [0.15, 0.2) is 0 Å². The number of para-hydroxylation sites is 2. The standard InChI is InChI=1S/C55H39N5.C11H12.2C2H6/c1-32-11-6-7-14-39(32)43-29-36(20-19-33(43)2)37-23-25-46-44(30-37)40-16-10-17-42-52-47(59(46)54(40)42)26-21-34-22-27-48-51(50(34)52)41-15-8-9-18-45(41)60(48)55-57-49-28-24-38(31-56-49)53(58-55)35-12-4-3-5-13-35;1-3-4-8-11-9-6-5-7-10(11)2;2*1-2/h3-23,25-27,29-31,49,56H,24,28H2,1-2H3;3-9H,2H2,1H3;2*1-2H3/b57-55+,58-53-;4-3-,11-8-;;. The quantitative estimate of drug-likeness (QED) is 0.188. The molecule has 1 atom stereocenters. The molecule has 0 radical (unpaired) electrons. The molecule has 0 fully saturated rings. The SMILES string of the molecule is C=c1cccc/c1=C/C=C\C.CC.CC.Cc1ccccc1-c1cc(-c2ccc3c(c2)c2cccc4c5c6c(ccc7c6c6ccccc6n7C6=N/C7CCC(=CN7)/C(c7ccccc7)=N\6)ccc5n3c24)ccc1C. The van der Waals surface area contributed by atoms with Gasteiger partial charge in [0.05, 0.1) is 33.3 Å². The van der Waals surface area contributed by atoms with Gasteiger partial charge in [-0.3, -0.25) is 4.57 Å². The summed E-state index contributed by atoms with van der Waals surface area (Å²) >= 11 is 0. The van der Waals surface area contributed by atoms with Crippen LogP contribution >= 0.6 is 0 Å². The number of aromatic nitrogens is 2. The van der Waals surface area contributed by atoms with Crippen LogP contribution in [0.3, 0.4) is 0 Å². The van der Waals surface area contributed by atoms with Crippen molar-refractivity contribution in [1.82, 2.24) is 14.3 Å². The fourth-order valence-electron chi connectivity index (χ4n) is 11.3. The maximum absolute atomic E-state index is 5.45. The first-order chi connectivity index (χ1) is 36.9. The molecule has 0 saturated heterocycles. The lowest BCUT2D eigenvalue weighted by molar-refractivity contribution is 0.537. The minimum absolute atomic E-state index is 0.0378. The molecule has 368 valence electrons. The average molecular weight is 974 g/mol. The minimum Gasteiger partial charge on any atom is -0.369 e. The van der Waals surface area contributed by atoms with E-state index in [1.54, 1.807) is 0 Å². The van der Waals surface area contributed by atoms with Gasteiger partial charge in [-0.2, -0.15) is 0 Å². The van der Waals surface area contributed by atoms with Crippen molar-refractivity contribution in [3.05, 3.63) is 233 Å². The number of aryl methyl sites for hydroxylation is 2.